The minimum atomic E-state index is -0.262. The van der Waals surface area contributed by atoms with Crippen LogP contribution in [0.1, 0.15) is 35.9 Å². The quantitative estimate of drug-likeness (QED) is 0.213. The first-order chi connectivity index (χ1) is 16.9. The fourth-order valence-corrected chi connectivity index (χ4v) is 4.86. The van der Waals surface area contributed by atoms with E-state index in [1.807, 2.05) is 31.2 Å². The Morgan fingerprint density at radius 3 is 2.77 bits per heavy atom. The van der Waals surface area contributed by atoms with Crippen LogP contribution in [0.2, 0.25) is 5.02 Å². The zero-order valence-electron chi connectivity index (χ0n) is 18.6. The molecule has 3 aromatic carbocycles. The van der Waals surface area contributed by atoms with Gasteiger partial charge in [0.1, 0.15) is 18.2 Å². The number of nitriles is 1. The van der Waals surface area contributed by atoms with Crippen LogP contribution >= 0.6 is 43.5 Å². The summed E-state index contributed by atoms with van der Waals surface area (Å²) >= 11 is 13.2. The van der Waals surface area contributed by atoms with Crippen molar-refractivity contribution in [2.75, 3.05) is 0 Å². The zero-order valence-corrected chi connectivity index (χ0v) is 22.6. The van der Waals surface area contributed by atoms with Crippen LogP contribution in [0.15, 0.2) is 73.4 Å². The zero-order chi connectivity index (χ0) is 24.9. The molecular formula is C26H19Br2ClN4O2. The molecule has 176 valence electrons. The molecule has 1 heterocycles. The van der Waals surface area contributed by atoms with Crippen molar-refractivity contribution < 1.29 is 4.74 Å². The summed E-state index contributed by atoms with van der Waals surface area (Å²) in [5, 5.41) is 14.8. The molecular weight excluding hydrogens is 596 g/mol. The van der Waals surface area contributed by atoms with E-state index >= 15 is 0 Å². The second-order valence-corrected chi connectivity index (χ2v) is 9.87. The molecule has 6 nitrogen and oxygen atoms in total. The van der Waals surface area contributed by atoms with Crippen molar-refractivity contribution in [3.05, 3.63) is 101 Å². The van der Waals surface area contributed by atoms with Crippen LogP contribution in [0.5, 0.6) is 5.75 Å². The Morgan fingerprint density at radius 1 is 1.20 bits per heavy atom. The smallest absolute Gasteiger partial charge is 0.282 e. The van der Waals surface area contributed by atoms with Gasteiger partial charge in [0, 0.05) is 27.0 Å². The molecule has 0 atom stereocenters. The molecule has 0 aliphatic heterocycles. The highest BCUT2D eigenvalue weighted by atomic mass is 79.9. The molecule has 9 heteroatoms. The van der Waals surface area contributed by atoms with E-state index < -0.39 is 0 Å². The first-order valence-electron chi connectivity index (χ1n) is 10.8. The van der Waals surface area contributed by atoms with Gasteiger partial charge in [-0.2, -0.15) is 15.0 Å². The van der Waals surface area contributed by atoms with Gasteiger partial charge in [-0.05, 0) is 58.7 Å². The van der Waals surface area contributed by atoms with Gasteiger partial charge >= 0.3 is 0 Å². The standard InChI is InChI=1S/C26H19Br2ClN4O2/c1-2-5-24-32-23-9-8-19(27)11-21(23)26(34)33(24)31-14-18-10-20(29)12-22(28)25(18)35-15-17-7-4-3-6-16(17)13-30/h3-4,6-12,14H,2,5,15H2,1H3. The molecule has 0 spiro atoms. The van der Waals surface area contributed by atoms with Crippen LogP contribution in [0.3, 0.4) is 0 Å². The molecule has 0 saturated heterocycles. The van der Waals surface area contributed by atoms with Crippen molar-refractivity contribution in [3.63, 3.8) is 0 Å². The fraction of sp³-hybridized carbons (Fsp3) is 0.154. The monoisotopic (exact) mass is 612 g/mol. The summed E-state index contributed by atoms with van der Waals surface area (Å²) in [6.07, 6.45) is 2.93. The Kier molecular flexibility index (Phi) is 8.01. The molecule has 0 radical (unpaired) electrons. The van der Waals surface area contributed by atoms with Crippen LogP contribution < -0.4 is 10.3 Å². The van der Waals surface area contributed by atoms with E-state index in [1.54, 1.807) is 30.3 Å². The highest BCUT2D eigenvalue weighted by molar-refractivity contribution is 9.10. The first-order valence-corrected chi connectivity index (χ1v) is 12.7. The van der Waals surface area contributed by atoms with Crippen molar-refractivity contribution in [1.29, 1.82) is 5.26 Å². The summed E-state index contributed by atoms with van der Waals surface area (Å²) in [6, 6.07) is 18.2. The highest BCUT2D eigenvalue weighted by Gasteiger charge is 2.13. The van der Waals surface area contributed by atoms with E-state index in [2.05, 4.69) is 48.0 Å². The summed E-state index contributed by atoms with van der Waals surface area (Å²) in [4.78, 5) is 18.0. The minimum absolute atomic E-state index is 0.178. The molecule has 1 aromatic heterocycles. The first kappa shape index (κ1) is 25.1. The Balaban J connectivity index is 1.76. The van der Waals surface area contributed by atoms with Gasteiger partial charge in [-0.3, -0.25) is 4.79 Å². The van der Waals surface area contributed by atoms with Crippen molar-refractivity contribution >= 4 is 60.6 Å². The van der Waals surface area contributed by atoms with Gasteiger partial charge in [0.05, 0.1) is 33.2 Å². The average Bonchev–Trinajstić information content (AvgIpc) is 2.84. The maximum atomic E-state index is 13.3. The Bertz CT molecular complexity index is 1540. The second kappa shape index (κ2) is 11.2. The molecule has 0 bridgehead atoms. The number of rotatable bonds is 7. The molecule has 0 fully saturated rings. The average molecular weight is 615 g/mol. The number of ether oxygens (including phenoxy) is 1. The topological polar surface area (TPSA) is 80.3 Å². The van der Waals surface area contributed by atoms with Crippen molar-refractivity contribution in [3.8, 4) is 11.8 Å². The SMILES string of the molecule is CCCc1nc2ccc(Br)cc2c(=O)n1N=Cc1cc(Cl)cc(Br)c1OCc1ccccc1C#N. The van der Waals surface area contributed by atoms with Gasteiger partial charge in [-0.15, -0.1) is 0 Å². The number of benzene rings is 3. The van der Waals surface area contributed by atoms with Crippen LogP contribution in [0.25, 0.3) is 10.9 Å². The van der Waals surface area contributed by atoms with E-state index in [0.717, 1.165) is 16.5 Å². The van der Waals surface area contributed by atoms with E-state index in [0.29, 0.717) is 49.5 Å². The van der Waals surface area contributed by atoms with Crippen LogP contribution in [0.4, 0.5) is 0 Å². The third-order valence-electron chi connectivity index (χ3n) is 5.21. The molecule has 0 N–H and O–H groups in total. The predicted octanol–water partition coefficient (Wildman–Crippen LogP) is 6.86. The van der Waals surface area contributed by atoms with E-state index in [1.165, 1.54) is 10.9 Å². The number of fused-ring (bicyclic) bond motifs is 1. The largest absolute Gasteiger partial charge is 0.487 e. The van der Waals surface area contributed by atoms with Gasteiger partial charge in [0.2, 0.25) is 0 Å². The van der Waals surface area contributed by atoms with Crippen molar-refractivity contribution in [2.45, 2.75) is 26.4 Å². The minimum Gasteiger partial charge on any atom is -0.487 e. The maximum absolute atomic E-state index is 13.3. The summed E-state index contributed by atoms with van der Waals surface area (Å²) in [6.45, 7) is 2.20. The van der Waals surface area contributed by atoms with E-state index in [-0.39, 0.29) is 12.2 Å². The normalized spacial score (nSPS) is 11.2. The number of nitrogens with zero attached hydrogens (tertiary/aromatic N) is 4. The molecule has 0 aliphatic rings. The lowest BCUT2D eigenvalue weighted by Crippen LogP contribution is -2.22. The summed E-state index contributed by atoms with van der Waals surface area (Å²) in [5.74, 6) is 1.06. The van der Waals surface area contributed by atoms with Gasteiger partial charge in [-0.25, -0.2) is 4.98 Å². The van der Waals surface area contributed by atoms with Gasteiger partial charge in [-0.1, -0.05) is 52.7 Å². The lowest BCUT2D eigenvalue weighted by atomic mass is 10.1. The number of halogens is 3. The molecule has 0 unspecified atom stereocenters. The predicted molar refractivity (Wildman–Crippen MR) is 145 cm³/mol. The molecule has 0 amide bonds. The van der Waals surface area contributed by atoms with Gasteiger partial charge in [0.15, 0.2) is 0 Å². The fourth-order valence-electron chi connectivity index (χ4n) is 3.55. The van der Waals surface area contributed by atoms with Gasteiger partial charge in [0.25, 0.3) is 5.56 Å². The molecule has 35 heavy (non-hydrogen) atoms. The molecule has 4 aromatic rings. The number of aromatic nitrogens is 2. The summed E-state index contributed by atoms with van der Waals surface area (Å²) in [5.41, 5.74) is 2.23. The molecule has 0 saturated carbocycles. The van der Waals surface area contributed by atoms with Gasteiger partial charge < -0.3 is 4.74 Å². The van der Waals surface area contributed by atoms with E-state index in [9.17, 15) is 10.1 Å². The molecule has 4 rings (SSSR count). The second-order valence-electron chi connectivity index (χ2n) is 7.66. The summed E-state index contributed by atoms with van der Waals surface area (Å²) in [7, 11) is 0. The third kappa shape index (κ3) is 5.64. The lowest BCUT2D eigenvalue weighted by Gasteiger charge is -2.13. The summed E-state index contributed by atoms with van der Waals surface area (Å²) < 4.78 is 8.81. The maximum Gasteiger partial charge on any atom is 0.282 e. The third-order valence-corrected chi connectivity index (χ3v) is 6.51. The number of hydrogen-bond acceptors (Lipinski definition) is 5. The number of hydrogen-bond donors (Lipinski definition) is 0. The number of aryl methyl sites for hydroxylation is 1. The van der Waals surface area contributed by atoms with E-state index in [4.69, 9.17) is 16.3 Å². The van der Waals surface area contributed by atoms with Crippen LogP contribution in [-0.2, 0) is 13.0 Å². The Labute approximate surface area is 224 Å². The lowest BCUT2D eigenvalue weighted by molar-refractivity contribution is 0.303. The van der Waals surface area contributed by atoms with Crippen LogP contribution in [-0.4, -0.2) is 15.9 Å². The van der Waals surface area contributed by atoms with Crippen molar-refractivity contribution in [2.24, 2.45) is 5.10 Å². The molecule has 0 aliphatic carbocycles. The highest BCUT2D eigenvalue weighted by Crippen LogP contribution is 2.33. The Hall–Kier alpha value is -2.99. The van der Waals surface area contributed by atoms with Crippen LogP contribution in [0, 0.1) is 11.3 Å². The Morgan fingerprint density at radius 2 is 2.00 bits per heavy atom. The van der Waals surface area contributed by atoms with Crippen molar-refractivity contribution in [1.82, 2.24) is 9.66 Å².